The lowest BCUT2D eigenvalue weighted by molar-refractivity contribution is -0.122. The molecule has 2 atom stereocenters. The van der Waals surface area contributed by atoms with E-state index in [1.54, 1.807) is 6.07 Å². The van der Waals surface area contributed by atoms with Crippen LogP contribution in [0.2, 0.25) is 0 Å². The average molecular weight is 375 g/mol. The van der Waals surface area contributed by atoms with E-state index in [2.05, 4.69) is 5.32 Å². The summed E-state index contributed by atoms with van der Waals surface area (Å²) >= 11 is 0. The maximum Gasteiger partial charge on any atom is 0.335 e. The third-order valence-corrected chi connectivity index (χ3v) is 4.74. The second kappa shape index (κ2) is 7.73. The summed E-state index contributed by atoms with van der Waals surface area (Å²) in [5.74, 6) is -3.27. The number of amides is 1. The Morgan fingerprint density at radius 3 is 2.74 bits per heavy atom. The molecular formula is C20H19F2NO4. The van der Waals surface area contributed by atoms with E-state index < -0.39 is 17.6 Å². The first-order valence-electron chi connectivity index (χ1n) is 8.54. The molecule has 1 aliphatic rings. The third kappa shape index (κ3) is 4.07. The average Bonchev–Trinajstić information content (AvgIpc) is 3.44. The van der Waals surface area contributed by atoms with E-state index in [4.69, 9.17) is 9.84 Å². The second-order valence-corrected chi connectivity index (χ2v) is 6.46. The number of ether oxygens (including phenoxy) is 1. The fourth-order valence-electron chi connectivity index (χ4n) is 3.17. The Morgan fingerprint density at radius 2 is 2.04 bits per heavy atom. The predicted molar refractivity (Wildman–Crippen MR) is 93.9 cm³/mol. The number of halogens is 2. The topological polar surface area (TPSA) is 75.6 Å². The minimum atomic E-state index is -1.04. The lowest BCUT2D eigenvalue weighted by atomic mass is 10.1. The van der Waals surface area contributed by atoms with Gasteiger partial charge in [-0.3, -0.25) is 4.79 Å². The maximum atomic E-state index is 13.8. The number of carbonyl (C=O) groups excluding carboxylic acids is 1. The van der Waals surface area contributed by atoms with Crippen LogP contribution in [0.3, 0.4) is 0 Å². The van der Waals surface area contributed by atoms with Crippen LogP contribution < -0.4 is 10.1 Å². The lowest BCUT2D eigenvalue weighted by Gasteiger charge is -2.10. The number of hydrogen-bond donors (Lipinski definition) is 2. The van der Waals surface area contributed by atoms with Gasteiger partial charge in [-0.25, -0.2) is 13.6 Å². The van der Waals surface area contributed by atoms with Gasteiger partial charge in [0.2, 0.25) is 5.91 Å². The molecule has 0 aliphatic heterocycles. The van der Waals surface area contributed by atoms with E-state index in [9.17, 15) is 18.4 Å². The molecule has 27 heavy (non-hydrogen) atoms. The number of rotatable bonds is 7. The van der Waals surface area contributed by atoms with Crippen LogP contribution in [0.25, 0.3) is 0 Å². The zero-order valence-electron chi connectivity index (χ0n) is 14.7. The van der Waals surface area contributed by atoms with Crippen molar-refractivity contribution >= 4 is 11.9 Å². The van der Waals surface area contributed by atoms with Crippen LogP contribution in [-0.4, -0.2) is 30.6 Å². The van der Waals surface area contributed by atoms with Crippen molar-refractivity contribution in [2.45, 2.75) is 18.8 Å². The van der Waals surface area contributed by atoms with E-state index >= 15 is 0 Å². The standard InChI is InChI=1S/C20H19F2NO4/c1-27-17-9-12(20(25)26)6-5-11(17)7-8-23-19(24)15-10-14(15)13-3-2-4-16(21)18(13)22/h2-6,9,14-15H,7-8,10H2,1H3,(H,23,24)(H,25,26). The zero-order valence-corrected chi connectivity index (χ0v) is 14.7. The SMILES string of the molecule is COc1cc(C(=O)O)ccc1CCNC(=O)C1CC1c1cccc(F)c1F. The summed E-state index contributed by atoms with van der Waals surface area (Å²) in [4.78, 5) is 23.2. The van der Waals surface area contributed by atoms with Crippen molar-refractivity contribution < 1.29 is 28.2 Å². The van der Waals surface area contributed by atoms with Gasteiger partial charge in [0.15, 0.2) is 11.6 Å². The molecule has 1 aliphatic carbocycles. The second-order valence-electron chi connectivity index (χ2n) is 6.46. The van der Waals surface area contributed by atoms with Crippen LogP contribution in [0.5, 0.6) is 5.75 Å². The van der Waals surface area contributed by atoms with Crippen molar-refractivity contribution in [3.63, 3.8) is 0 Å². The van der Waals surface area contributed by atoms with Crippen molar-refractivity contribution in [1.82, 2.24) is 5.32 Å². The molecule has 0 heterocycles. The Balaban J connectivity index is 1.55. The van der Waals surface area contributed by atoms with Crippen LogP contribution in [0.1, 0.15) is 33.8 Å². The van der Waals surface area contributed by atoms with Gasteiger partial charge >= 0.3 is 5.97 Å². The molecule has 0 aromatic heterocycles. The van der Waals surface area contributed by atoms with Gasteiger partial charge in [0, 0.05) is 12.5 Å². The fourth-order valence-corrected chi connectivity index (χ4v) is 3.17. The molecule has 142 valence electrons. The van der Waals surface area contributed by atoms with Gasteiger partial charge in [0.25, 0.3) is 0 Å². The third-order valence-electron chi connectivity index (χ3n) is 4.74. The Kier molecular flexibility index (Phi) is 5.39. The highest BCUT2D eigenvalue weighted by Crippen LogP contribution is 2.48. The zero-order chi connectivity index (χ0) is 19.6. The molecule has 2 N–H and O–H groups in total. The molecule has 0 spiro atoms. The molecule has 0 bridgehead atoms. The Bertz CT molecular complexity index is 884. The summed E-state index contributed by atoms with van der Waals surface area (Å²) in [6.45, 7) is 0.330. The highest BCUT2D eigenvalue weighted by Gasteiger charge is 2.45. The van der Waals surface area contributed by atoms with Gasteiger partial charge in [-0.15, -0.1) is 0 Å². The fraction of sp³-hybridized carbons (Fsp3) is 0.300. The van der Waals surface area contributed by atoms with Gasteiger partial charge in [-0.2, -0.15) is 0 Å². The van der Waals surface area contributed by atoms with Crippen molar-refractivity contribution in [3.8, 4) is 5.75 Å². The van der Waals surface area contributed by atoms with E-state index in [0.717, 1.165) is 11.6 Å². The number of benzene rings is 2. The van der Waals surface area contributed by atoms with Gasteiger partial charge in [-0.1, -0.05) is 18.2 Å². The first-order chi connectivity index (χ1) is 12.9. The van der Waals surface area contributed by atoms with Crippen molar-refractivity contribution in [1.29, 1.82) is 0 Å². The van der Waals surface area contributed by atoms with E-state index in [0.29, 0.717) is 25.1 Å². The van der Waals surface area contributed by atoms with Gasteiger partial charge in [0.1, 0.15) is 5.75 Å². The number of nitrogens with one attached hydrogen (secondary N) is 1. The minimum absolute atomic E-state index is 0.123. The molecule has 2 aromatic rings. The summed E-state index contributed by atoms with van der Waals surface area (Å²) in [5.41, 5.74) is 1.13. The minimum Gasteiger partial charge on any atom is -0.496 e. The largest absolute Gasteiger partial charge is 0.496 e. The number of methoxy groups -OCH3 is 1. The quantitative estimate of drug-likeness (QED) is 0.780. The molecule has 5 nitrogen and oxygen atoms in total. The lowest BCUT2D eigenvalue weighted by Crippen LogP contribution is -2.27. The van der Waals surface area contributed by atoms with Crippen molar-refractivity contribution in [3.05, 3.63) is 64.7 Å². The number of hydrogen-bond acceptors (Lipinski definition) is 3. The smallest absolute Gasteiger partial charge is 0.335 e. The van der Waals surface area contributed by atoms with E-state index in [-0.39, 0.29) is 28.9 Å². The summed E-state index contributed by atoms with van der Waals surface area (Å²) in [6.07, 6.45) is 0.948. The highest BCUT2D eigenvalue weighted by atomic mass is 19.2. The monoisotopic (exact) mass is 375 g/mol. The van der Waals surface area contributed by atoms with E-state index in [1.807, 2.05) is 0 Å². The molecule has 7 heteroatoms. The number of carboxylic acid groups (broad SMARTS) is 1. The number of aromatic carboxylic acids is 1. The van der Waals surface area contributed by atoms with Gasteiger partial charge < -0.3 is 15.2 Å². The molecule has 0 saturated heterocycles. The summed E-state index contributed by atoms with van der Waals surface area (Å²) in [7, 11) is 1.45. The molecule has 2 aromatic carbocycles. The predicted octanol–water partition coefficient (Wildman–Crippen LogP) is 3.13. The van der Waals surface area contributed by atoms with E-state index in [1.165, 1.54) is 31.4 Å². The molecule has 2 unspecified atom stereocenters. The summed E-state index contributed by atoms with van der Waals surface area (Å²) < 4.78 is 32.3. The Morgan fingerprint density at radius 1 is 1.26 bits per heavy atom. The van der Waals surface area contributed by atoms with Gasteiger partial charge in [-0.05, 0) is 48.1 Å². The van der Waals surface area contributed by atoms with Crippen LogP contribution in [-0.2, 0) is 11.2 Å². The molecule has 1 amide bonds. The Hall–Kier alpha value is -2.96. The normalized spacial score (nSPS) is 18.0. The Labute approximate surface area is 155 Å². The molecular weight excluding hydrogens is 356 g/mol. The first-order valence-corrected chi connectivity index (χ1v) is 8.54. The van der Waals surface area contributed by atoms with Gasteiger partial charge in [0.05, 0.1) is 12.7 Å². The number of carbonyl (C=O) groups is 2. The maximum absolute atomic E-state index is 13.8. The summed E-state index contributed by atoms with van der Waals surface area (Å²) in [6, 6.07) is 8.56. The van der Waals surface area contributed by atoms with Crippen molar-refractivity contribution in [2.75, 3.05) is 13.7 Å². The first kappa shape index (κ1) is 18.8. The molecule has 1 saturated carbocycles. The molecule has 3 rings (SSSR count). The van der Waals surface area contributed by atoms with Crippen LogP contribution >= 0.6 is 0 Å². The molecule has 1 fully saturated rings. The number of carboxylic acids is 1. The van der Waals surface area contributed by atoms with Crippen LogP contribution in [0, 0.1) is 17.6 Å². The molecule has 0 radical (unpaired) electrons. The summed E-state index contributed by atoms with van der Waals surface area (Å²) in [5, 5.41) is 11.8. The van der Waals surface area contributed by atoms with Crippen LogP contribution in [0.4, 0.5) is 8.78 Å². The van der Waals surface area contributed by atoms with Crippen molar-refractivity contribution in [2.24, 2.45) is 5.92 Å². The highest BCUT2D eigenvalue weighted by molar-refractivity contribution is 5.88. The van der Waals surface area contributed by atoms with Crippen LogP contribution in [0.15, 0.2) is 36.4 Å².